The minimum absolute atomic E-state index is 0. The summed E-state index contributed by atoms with van der Waals surface area (Å²) in [6, 6.07) is 2.00. The number of carbonyl (C=O) groups excluding carboxylic acids is 1. The van der Waals surface area contributed by atoms with Crippen LogP contribution >= 0.6 is 22.7 Å². The minimum Gasteiger partial charge on any atom is -0.380 e. The van der Waals surface area contributed by atoms with Crippen LogP contribution in [0.2, 0.25) is 0 Å². The number of hydrogen-bond donors (Lipinski definition) is 2. The molecule has 0 radical (unpaired) electrons. The average Bonchev–Trinajstić information content (AvgIpc) is 3.23. The van der Waals surface area contributed by atoms with Gasteiger partial charge in [-0.2, -0.15) is 0 Å². The first-order valence-electron chi connectivity index (χ1n) is 10.4. The number of thiazole rings is 1. The average molecular weight is 448 g/mol. The fourth-order valence-electron chi connectivity index (χ4n) is 4.01. The van der Waals surface area contributed by atoms with E-state index >= 15 is 0 Å². The summed E-state index contributed by atoms with van der Waals surface area (Å²) in [5.74, 6) is 0.0655. The van der Waals surface area contributed by atoms with Crippen LogP contribution in [-0.2, 0) is 22.5 Å². The lowest BCUT2D eigenvalue weighted by Gasteiger charge is -2.18. The van der Waals surface area contributed by atoms with Crippen molar-refractivity contribution in [3.05, 3.63) is 28.9 Å². The smallest absolute Gasteiger partial charge is 0.226 e. The van der Waals surface area contributed by atoms with Crippen LogP contribution in [-0.4, -0.2) is 60.2 Å². The Morgan fingerprint density at radius 3 is 3.23 bits per heavy atom. The van der Waals surface area contributed by atoms with Gasteiger partial charge >= 0.3 is 0 Å². The predicted octanol–water partition coefficient (Wildman–Crippen LogP) is 3.61. The van der Waals surface area contributed by atoms with Gasteiger partial charge in [0.1, 0.15) is 15.5 Å². The Hall–Kier alpha value is -1.91. The van der Waals surface area contributed by atoms with E-state index < -0.39 is 0 Å². The molecule has 1 amide bonds. The number of nitrogens with zero attached hydrogens (tertiary/aromatic N) is 3. The normalized spacial score (nSPS) is 17.6. The van der Waals surface area contributed by atoms with Gasteiger partial charge in [0.15, 0.2) is 0 Å². The van der Waals surface area contributed by atoms with Gasteiger partial charge in [0.05, 0.1) is 17.5 Å². The molecule has 0 bridgehead atoms. The Bertz CT molecular complexity index is 1020. The number of thiophene rings is 1. The number of hydrogen-bond acceptors (Lipinski definition) is 8. The van der Waals surface area contributed by atoms with Crippen molar-refractivity contribution < 1.29 is 12.4 Å². The first-order chi connectivity index (χ1) is 14.8. The highest BCUT2D eigenvalue weighted by Gasteiger charge is 2.25. The second-order valence-electron chi connectivity index (χ2n) is 7.60. The van der Waals surface area contributed by atoms with Gasteiger partial charge in [-0.05, 0) is 31.0 Å². The molecule has 3 aromatic heterocycles. The molecule has 0 aliphatic carbocycles. The third-order valence-electron chi connectivity index (χ3n) is 5.55. The molecule has 30 heavy (non-hydrogen) atoms. The summed E-state index contributed by atoms with van der Waals surface area (Å²) >= 11 is 3.35. The molecule has 0 spiro atoms. The Morgan fingerprint density at radius 2 is 2.30 bits per heavy atom. The molecule has 2 N–H and O–H groups in total. The molecule has 2 aliphatic rings. The number of carbonyl (C=O) groups is 1. The molecule has 1 fully saturated rings. The Morgan fingerprint density at radius 1 is 1.33 bits per heavy atom. The van der Waals surface area contributed by atoms with Crippen LogP contribution in [0.15, 0.2) is 18.5 Å². The number of pyridine rings is 1. The minimum atomic E-state index is 0. The van der Waals surface area contributed by atoms with Gasteiger partial charge in [-0.1, -0.05) is 0 Å². The van der Waals surface area contributed by atoms with Crippen molar-refractivity contribution >= 4 is 43.8 Å². The maximum atomic E-state index is 12.8. The van der Waals surface area contributed by atoms with Crippen LogP contribution in [0.1, 0.15) is 26.1 Å². The zero-order valence-corrected chi connectivity index (χ0v) is 18.4. The second kappa shape index (κ2) is 9.07. The molecule has 0 unspecified atom stereocenters. The molecule has 9 heteroatoms. The third-order valence-corrected chi connectivity index (χ3v) is 7.76. The number of amides is 1. The molecule has 7 nitrogen and oxygen atoms in total. The van der Waals surface area contributed by atoms with E-state index in [1.165, 1.54) is 10.4 Å². The predicted molar refractivity (Wildman–Crippen MR) is 125 cm³/mol. The van der Waals surface area contributed by atoms with Gasteiger partial charge < -0.3 is 20.3 Å². The molecule has 2 aliphatic heterocycles. The van der Waals surface area contributed by atoms with Crippen LogP contribution in [0.25, 0.3) is 20.8 Å². The van der Waals surface area contributed by atoms with Crippen molar-refractivity contribution in [3.63, 3.8) is 0 Å². The van der Waals surface area contributed by atoms with Crippen LogP contribution < -0.4 is 10.6 Å². The Kier molecular flexibility index (Phi) is 6.05. The molecule has 162 valence electrons. The Balaban J connectivity index is 0.00000144. The van der Waals surface area contributed by atoms with E-state index in [1.54, 1.807) is 35.1 Å². The standard InChI is InChI=1S/C21H25N5O2S2.2H2/c27-18(4-8-26-7-1-10-28-11-9-26)25-21-19(14-2-5-23-13-17(14)30-21)20-24-15-12-22-6-3-16(15)29-20;;/h3,6,12,23H,1-2,4-5,7-11,13H2,(H,25,27);2*1H. The second-order valence-corrected chi connectivity index (χ2v) is 9.74. The highest BCUT2D eigenvalue weighted by atomic mass is 32.1. The fraction of sp³-hybridized carbons (Fsp3) is 0.476. The molecule has 3 aromatic rings. The largest absolute Gasteiger partial charge is 0.380 e. The topological polar surface area (TPSA) is 79.4 Å². The van der Waals surface area contributed by atoms with Gasteiger partial charge in [-0.15, -0.1) is 22.7 Å². The molecule has 1 saturated heterocycles. The summed E-state index contributed by atoms with van der Waals surface area (Å²) in [6.45, 7) is 6.04. The third kappa shape index (κ3) is 4.26. The van der Waals surface area contributed by atoms with Gasteiger partial charge in [-0.3, -0.25) is 9.78 Å². The zero-order valence-electron chi connectivity index (χ0n) is 16.8. The van der Waals surface area contributed by atoms with Gasteiger partial charge in [0, 0.05) is 58.7 Å². The number of rotatable bonds is 5. The molecule has 0 saturated carbocycles. The number of nitrogens with one attached hydrogen (secondary N) is 2. The van der Waals surface area contributed by atoms with Crippen LogP contribution in [0.4, 0.5) is 5.00 Å². The number of aromatic nitrogens is 2. The quantitative estimate of drug-likeness (QED) is 0.622. The molecular weight excluding hydrogens is 418 g/mol. The van der Waals surface area contributed by atoms with E-state index in [0.29, 0.717) is 6.42 Å². The lowest BCUT2D eigenvalue weighted by Crippen LogP contribution is -2.30. The lowest BCUT2D eigenvalue weighted by atomic mass is 10.0. The number of ether oxygens (including phenoxy) is 1. The van der Waals surface area contributed by atoms with E-state index in [-0.39, 0.29) is 8.76 Å². The van der Waals surface area contributed by atoms with E-state index in [1.807, 2.05) is 6.07 Å². The van der Waals surface area contributed by atoms with Crippen LogP contribution in [0, 0.1) is 0 Å². The molecule has 0 atom stereocenters. The fourth-order valence-corrected chi connectivity index (χ4v) is 6.32. The summed E-state index contributed by atoms with van der Waals surface area (Å²) in [5.41, 5.74) is 3.34. The van der Waals surface area contributed by atoms with Crippen LogP contribution in [0.3, 0.4) is 0 Å². The van der Waals surface area contributed by atoms with Crippen molar-refractivity contribution in [3.8, 4) is 10.6 Å². The van der Waals surface area contributed by atoms with Crippen molar-refractivity contribution in [1.29, 1.82) is 0 Å². The van der Waals surface area contributed by atoms with E-state index in [2.05, 4.69) is 20.5 Å². The summed E-state index contributed by atoms with van der Waals surface area (Å²) in [6.07, 6.45) is 6.08. The number of fused-ring (bicyclic) bond motifs is 2. The van der Waals surface area contributed by atoms with Gasteiger partial charge in [-0.25, -0.2) is 4.98 Å². The monoisotopic (exact) mass is 447 g/mol. The van der Waals surface area contributed by atoms with Gasteiger partial charge in [0.2, 0.25) is 5.91 Å². The zero-order chi connectivity index (χ0) is 20.3. The summed E-state index contributed by atoms with van der Waals surface area (Å²) < 4.78 is 6.63. The summed E-state index contributed by atoms with van der Waals surface area (Å²) in [5, 5.41) is 8.55. The first kappa shape index (κ1) is 20.0. The molecule has 0 aromatic carbocycles. The Labute approximate surface area is 186 Å². The highest BCUT2D eigenvalue weighted by molar-refractivity contribution is 7.22. The maximum Gasteiger partial charge on any atom is 0.226 e. The number of anilines is 1. The summed E-state index contributed by atoms with van der Waals surface area (Å²) in [4.78, 5) is 25.4. The highest BCUT2D eigenvalue weighted by Crippen LogP contribution is 2.44. The van der Waals surface area contributed by atoms with Crippen molar-refractivity contribution in [2.45, 2.75) is 25.8 Å². The summed E-state index contributed by atoms with van der Waals surface area (Å²) in [7, 11) is 0. The van der Waals surface area contributed by atoms with Gasteiger partial charge in [0.25, 0.3) is 0 Å². The van der Waals surface area contributed by atoms with Crippen molar-refractivity contribution in [1.82, 2.24) is 20.2 Å². The molecular formula is C21H29N5O2S2. The SMILES string of the molecule is O=C(CCN1CCCOCC1)Nc1sc2c(c1-c1nc3cnccc3s1)CCNC2.[HH].[HH]. The lowest BCUT2D eigenvalue weighted by molar-refractivity contribution is -0.116. The molecule has 5 rings (SSSR count). The van der Waals surface area contributed by atoms with Crippen molar-refractivity contribution in [2.75, 3.05) is 44.7 Å². The van der Waals surface area contributed by atoms with Crippen LogP contribution in [0.5, 0.6) is 0 Å². The maximum absolute atomic E-state index is 12.8. The van der Waals surface area contributed by atoms with E-state index in [0.717, 1.165) is 84.6 Å². The first-order valence-corrected chi connectivity index (χ1v) is 12.1. The molecule has 5 heterocycles. The van der Waals surface area contributed by atoms with Crippen molar-refractivity contribution in [2.24, 2.45) is 0 Å². The van der Waals surface area contributed by atoms with E-state index in [9.17, 15) is 4.79 Å². The van der Waals surface area contributed by atoms with E-state index in [4.69, 9.17) is 9.72 Å².